The zero-order valence-electron chi connectivity index (χ0n) is 15.9. The molecule has 28 heavy (non-hydrogen) atoms. The maximum Gasteiger partial charge on any atom is 0.278 e. The zero-order valence-corrected chi connectivity index (χ0v) is 16.7. The monoisotopic (exact) mass is 400 g/mol. The number of carbonyl (C=O) groups excluding carboxylic acids is 2. The number of rotatable bonds is 7. The van der Waals surface area contributed by atoms with Crippen LogP contribution in [-0.4, -0.2) is 37.5 Å². The highest BCUT2D eigenvalue weighted by molar-refractivity contribution is 6.37. The summed E-state index contributed by atoms with van der Waals surface area (Å²) in [6.07, 6.45) is 0.657. The molecular formula is C21H21ClN2O4. The van der Waals surface area contributed by atoms with Gasteiger partial charge >= 0.3 is 0 Å². The molecule has 0 unspecified atom stereocenters. The smallest absolute Gasteiger partial charge is 0.278 e. The number of carbonyl (C=O) groups is 2. The molecule has 1 heterocycles. The van der Waals surface area contributed by atoms with Gasteiger partial charge in [0.15, 0.2) is 0 Å². The number of halogens is 1. The van der Waals surface area contributed by atoms with Gasteiger partial charge in [-0.1, -0.05) is 36.7 Å². The van der Waals surface area contributed by atoms with Gasteiger partial charge in [-0.15, -0.1) is 0 Å². The van der Waals surface area contributed by atoms with Crippen molar-refractivity contribution in [1.82, 2.24) is 4.90 Å². The van der Waals surface area contributed by atoms with Gasteiger partial charge in [0.05, 0.1) is 25.5 Å². The number of hydrogen-bond acceptors (Lipinski definition) is 5. The van der Waals surface area contributed by atoms with Crippen LogP contribution in [0.15, 0.2) is 48.2 Å². The minimum absolute atomic E-state index is 0.170. The predicted octanol–water partition coefficient (Wildman–Crippen LogP) is 3.96. The molecule has 0 bridgehead atoms. The molecule has 0 fully saturated rings. The van der Waals surface area contributed by atoms with E-state index >= 15 is 0 Å². The highest BCUT2D eigenvalue weighted by Gasteiger charge is 2.40. The molecule has 3 rings (SSSR count). The van der Waals surface area contributed by atoms with Crippen LogP contribution in [0, 0.1) is 0 Å². The lowest BCUT2D eigenvalue weighted by atomic mass is 10.0. The topological polar surface area (TPSA) is 67.9 Å². The molecule has 1 aliphatic rings. The standard InChI is InChI=1S/C21H21ClN2O4/c1-4-11-24-20(25)18(14-7-5-6-8-16(14)27-2)19(21(24)26)23-15-12-13(22)9-10-17(15)28-3/h5-10,12,23H,4,11H2,1-3H3. The average Bonchev–Trinajstić information content (AvgIpc) is 2.92. The van der Waals surface area contributed by atoms with Crippen LogP contribution >= 0.6 is 11.6 Å². The molecule has 2 aromatic rings. The van der Waals surface area contributed by atoms with E-state index < -0.39 is 5.91 Å². The summed E-state index contributed by atoms with van der Waals surface area (Å²) >= 11 is 6.11. The van der Waals surface area contributed by atoms with E-state index in [4.69, 9.17) is 21.1 Å². The number of amides is 2. The largest absolute Gasteiger partial charge is 0.496 e. The van der Waals surface area contributed by atoms with Crippen molar-refractivity contribution in [3.63, 3.8) is 0 Å². The third kappa shape index (κ3) is 3.55. The first-order valence-corrected chi connectivity index (χ1v) is 9.24. The Bertz CT molecular complexity index is 955. The Balaban J connectivity index is 2.17. The van der Waals surface area contributed by atoms with Crippen molar-refractivity contribution in [2.24, 2.45) is 0 Å². The molecule has 1 aliphatic heterocycles. The van der Waals surface area contributed by atoms with E-state index in [1.165, 1.54) is 19.1 Å². The number of nitrogens with one attached hydrogen (secondary N) is 1. The number of hydrogen-bond donors (Lipinski definition) is 1. The molecule has 146 valence electrons. The third-order valence-corrected chi connectivity index (χ3v) is 4.65. The Morgan fingerprint density at radius 3 is 2.39 bits per heavy atom. The van der Waals surface area contributed by atoms with Crippen LogP contribution in [0.1, 0.15) is 18.9 Å². The van der Waals surface area contributed by atoms with Crippen molar-refractivity contribution in [1.29, 1.82) is 0 Å². The minimum Gasteiger partial charge on any atom is -0.496 e. The van der Waals surface area contributed by atoms with Crippen LogP contribution in [0.3, 0.4) is 0 Å². The van der Waals surface area contributed by atoms with E-state index in [-0.39, 0.29) is 17.2 Å². The molecule has 6 nitrogen and oxygen atoms in total. The van der Waals surface area contributed by atoms with Gasteiger partial charge in [0, 0.05) is 17.1 Å². The summed E-state index contributed by atoms with van der Waals surface area (Å²) in [6, 6.07) is 12.1. The summed E-state index contributed by atoms with van der Waals surface area (Å²) in [5.74, 6) is 0.259. The molecule has 0 saturated heterocycles. The van der Waals surface area contributed by atoms with Gasteiger partial charge in [0.1, 0.15) is 17.2 Å². The van der Waals surface area contributed by atoms with Crippen molar-refractivity contribution in [2.75, 3.05) is 26.1 Å². The first-order valence-electron chi connectivity index (χ1n) is 8.86. The zero-order chi connectivity index (χ0) is 20.3. The Hall–Kier alpha value is -2.99. The Kier molecular flexibility index (Phi) is 5.90. The summed E-state index contributed by atoms with van der Waals surface area (Å²) < 4.78 is 10.8. The summed E-state index contributed by atoms with van der Waals surface area (Å²) in [5, 5.41) is 3.55. The number of anilines is 1. The van der Waals surface area contributed by atoms with Crippen molar-refractivity contribution in [3.05, 3.63) is 58.7 Å². The molecule has 1 N–H and O–H groups in total. The van der Waals surface area contributed by atoms with Crippen LogP contribution < -0.4 is 14.8 Å². The van der Waals surface area contributed by atoms with Crippen LogP contribution in [0.25, 0.3) is 5.57 Å². The predicted molar refractivity (Wildman–Crippen MR) is 109 cm³/mol. The van der Waals surface area contributed by atoms with Gasteiger partial charge in [-0.05, 0) is 30.7 Å². The second kappa shape index (κ2) is 8.35. The van der Waals surface area contributed by atoms with E-state index in [1.807, 2.05) is 6.92 Å². The highest BCUT2D eigenvalue weighted by Crippen LogP contribution is 2.37. The van der Waals surface area contributed by atoms with Gasteiger partial charge in [-0.25, -0.2) is 0 Å². The number of nitrogens with zero attached hydrogens (tertiary/aromatic N) is 1. The van der Waals surface area contributed by atoms with Gasteiger partial charge in [-0.2, -0.15) is 0 Å². The molecule has 2 amide bonds. The lowest BCUT2D eigenvalue weighted by Gasteiger charge is -2.15. The summed E-state index contributed by atoms with van der Waals surface area (Å²) in [5.41, 5.74) is 1.48. The fourth-order valence-electron chi connectivity index (χ4n) is 3.13. The van der Waals surface area contributed by atoms with E-state index in [2.05, 4.69) is 5.32 Å². The van der Waals surface area contributed by atoms with E-state index in [0.29, 0.717) is 40.7 Å². The van der Waals surface area contributed by atoms with Crippen molar-refractivity contribution < 1.29 is 19.1 Å². The normalized spacial score (nSPS) is 13.9. The SMILES string of the molecule is CCCN1C(=O)C(Nc2cc(Cl)ccc2OC)=C(c2ccccc2OC)C1=O. The number of benzene rings is 2. The van der Waals surface area contributed by atoms with E-state index in [0.717, 1.165) is 0 Å². The molecule has 0 spiro atoms. The second-order valence-electron chi connectivity index (χ2n) is 6.18. The molecule has 0 atom stereocenters. The molecule has 0 aliphatic carbocycles. The van der Waals surface area contributed by atoms with Crippen molar-refractivity contribution >= 4 is 34.7 Å². The van der Waals surface area contributed by atoms with Gasteiger partial charge < -0.3 is 14.8 Å². The van der Waals surface area contributed by atoms with Crippen LogP contribution in [0.2, 0.25) is 5.02 Å². The summed E-state index contributed by atoms with van der Waals surface area (Å²) in [4.78, 5) is 27.4. The molecular weight excluding hydrogens is 380 g/mol. The molecule has 0 saturated carbocycles. The maximum absolute atomic E-state index is 13.1. The minimum atomic E-state index is -0.394. The Morgan fingerprint density at radius 1 is 1.00 bits per heavy atom. The van der Waals surface area contributed by atoms with Crippen molar-refractivity contribution in [3.8, 4) is 11.5 Å². The van der Waals surface area contributed by atoms with E-state index in [1.54, 1.807) is 42.5 Å². The second-order valence-corrected chi connectivity index (χ2v) is 6.62. The van der Waals surface area contributed by atoms with Crippen LogP contribution in [-0.2, 0) is 9.59 Å². The van der Waals surface area contributed by atoms with Crippen LogP contribution in [0.5, 0.6) is 11.5 Å². The number of methoxy groups -OCH3 is 2. The van der Waals surface area contributed by atoms with Crippen LogP contribution in [0.4, 0.5) is 5.69 Å². The molecule has 7 heteroatoms. The van der Waals surface area contributed by atoms with E-state index in [9.17, 15) is 9.59 Å². The average molecular weight is 401 g/mol. The lowest BCUT2D eigenvalue weighted by Crippen LogP contribution is -2.33. The number of ether oxygens (including phenoxy) is 2. The first-order chi connectivity index (χ1) is 13.5. The first kappa shape index (κ1) is 19.8. The van der Waals surface area contributed by atoms with Gasteiger partial charge in [0.25, 0.3) is 11.8 Å². The van der Waals surface area contributed by atoms with Crippen molar-refractivity contribution in [2.45, 2.75) is 13.3 Å². The molecule has 0 aromatic heterocycles. The Morgan fingerprint density at radius 2 is 1.71 bits per heavy atom. The molecule has 0 radical (unpaired) electrons. The number of imide groups is 1. The molecule has 2 aromatic carbocycles. The quantitative estimate of drug-likeness (QED) is 0.712. The highest BCUT2D eigenvalue weighted by atomic mass is 35.5. The summed E-state index contributed by atoms with van der Waals surface area (Å²) in [7, 11) is 3.05. The Labute approximate surface area is 168 Å². The number of para-hydroxylation sites is 1. The van der Waals surface area contributed by atoms with Gasteiger partial charge in [-0.3, -0.25) is 14.5 Å². The maximum atomic E-state index is 13.1. The van der Waals surface area contributed by atoms with Gasteiger partial charge in [0.2, 0.25) is 0 Å². The lowest BCUT2D eigenvalue weighted by molar-refractivity contribution is -0.136. The summed E-state index contributed by atoms with van der Waals surface area (Å²) in [6.45, 7) is 2.24. The third-order valence-electron chi connectivity index (χ3n) is 4.41. The fourth-order valence-corrected chi connectivity index (χ4v) is 3.30. The fraction of sp³-hybridized carbons (Fsp3) is 0.238.